The van der Waals surface area contributed by atoms with E-state index < -0.39 is 0 Å². The molecular weight excluding hydrogens is 432 g/mol. The first-order valence-corrected chi connectivity index (χ1v) is 10.00. The maximum Gasteiger partial charge on any atom is 0.227 e. The smallest absolute Gasteiger partial charge is 0.227 e. The molecule has 0 spiro atoms. The van der Waals surface area contributed by atoms with Crippen molar-refractivity contribution in [2.24, 2.45) is 4.99 Å². The van der Waals surface area contributed by atoms with Crippen molar-refractivity contribution in [3.05, 3.63) is 70.2 Å². The monoisotopic (exact) mass is 450 g/mol. The topological polar surface area (TPSA) is 67.9 Å². The van der Waals surface area contributed by atoms with Crippen LogP contribution in [0.1, 0.15) is 18.1 Å². The molecule has 3 aromatic carbocycles. The molecule has 0 unspecified atom stereocenters. The molecule has 0 fully saturated rings. The highest BCUT2D eigenvalue weighted by atomic mass is 79.9. The normalized spacial score (nSPS) is 11.4. The number of phenolic OH excluding ortho intramolecular Hbond substituents is 1. The lowest BCUT2D eigenvalue weighted by Gasteiger charge is -2.08. The van der Waals surface area contributed by atoms with Crippen molar-refractivity contribution >= 4 is 38.9 Å². The van der Waals surface area contributed by atoms with E-state index in [1.165, 1.54) is 0 Å². The van der Waals surface area contributed by atoms with Gasteiger partial charge in [-0.15, -0.1) is 0 Å². The van der Waals surface area contributed by atoms with Gasteiger partial charge in [-0.05, 0) is 61.9 Å². The molecule has 4 rings (SSSR count). The fraction of sp³-hybridized carbons (Fsp3) is 0.130. The second-order valence-electron chi connectivity index (χ2n) is 6.57. The maximum absolute atomic E-state index is 10.4. The first kappa shape index (κ1) is 19.2. The molecule has 0 atom stereocenters. The Hall–Kier alpha value is -3.12. The number of aromatic nitrogens is 1. The first-order chi connectivity index (χ1) is 14.0. The Labute approximate surface area is 176 Å². The predicted octanol–water partition coefficient (Wildman–Crippen LogP) is 6.42. The summed E-state index contributed by atoms with van der Waals surface area (Å²) in [4.78, 5) is 9.08. The molecule has 0 bridgehead atoms. The third-order valence-electron chi connectivity index (χ3n) is 4.36. The van der Waals surface area contributed by atoms with E-state index in [0.717, 1.165) is 32.4 Å². The van der Waals surface area contributed by atoms with Gasteiger partial charge >= 0.3 is 0 Å². The number of halogens is 1. The molecule has 1 N–H and O–H groups in total. The van der Waals surface area contributed by atoms with Gasteiger partial charge in [0, 0.05) is 21.8 Å². The van der Waals surface area contributed by atoms with Crippen LogP contribution in [-0.4, -0.2) is 22.9 Å². The van der Waals surface area contributed by atoms with Crippen molar-refractivity contribution in [3.8, 4) is 23.0 Å². The molecule has 1 aromatic heterocycles. The molecule has 0 radical (unpaired) electrons. The van der Waals surface area contributed by atoms with Crippen LogP contribution >= 0.6 is 15.9 Å². The summed E-state index contributed by atoms with van der Waals surface area (Å²) in [6.07, 6.45) is 1.61. The SMILES string of the molecule is CCOc1cc(Br)cc(C=Nc2cccc(-c3nc4cc(C)ccc4o3)c2)c1O. The fourth-order valence-electron chi connectivity index (χ4n) is 2.98. The van der Waals surface area contributed by atoms with E-state index in [9.17, 15) is 5.11 Å². The van der Waals surface area contributed by atoms with Crippen LogP contribution in [-0.2, 0) is 0 Å². The minimum atomic E-state index is 0.0595. The van der Waals surface area contributed by atoms with E-state index in [-0.39, 0.29) is 5.75 Å². The molecule has 6 heteroatoms. The molecular formula is C23H19BrN2O3. The zero-order valence-corrected chi connectivity index (χ0v) is 17.6. The quantitative estimate of drug-likeness (QED) is 0.356. The molecule has 29 heavy (non-hydrogen) atoms. The van der Waals surface area contributed by atoms with Gasteiger partial charge in [0.25, 0.3) is 0 Å². The molecule has 5 nitrogen and oxygen atoms in total. The number of rotatable bonds is 5. The average Bonchev–Trinajstić information content (AvgIpc) is 3.13. The molecule has 0 aliphatic carbocycles. The largest absolute Gasteiger partial charge is 0.504 e. The summed E-state index contributed by atoms with van der Waals surface area (Å²) in [7, 11) is 0. The highest BCUT2D eigenvalue weighted by Crippen LogP contribution is 2.33. The van der Waals surface area contributed by atoms with Gasteiger partial charge in [0.05, 0.1) is 12.3 Å². The van der Waals surface area contributed by atoms with Crippen molar-refractivity contribution in [2.75, 3.05) is 6.61 Å². The van der Waals surface area contributed by atoms with Crippen molar-refractivity contribution < 1.29 is 14.3 Å². The van der Waals surface area contributed by atoms with Crippen LogP contribution in [0.5, 0.6) is 11.5 Å². The summed E-state index contributed by atoms with van der Waals surface area (Å²) < 4.78 is 12.1. The van der Waals surface area contributed by atoms with Gasteiger partial charge in [-0.2, -0.15) is 0 Å². The lowest BCUT2D eigenvalue weighted by molar-refractivity contribution is 0.317. The Morgan fingerprint density at radius 3 is 2.86 bits per heavy atom. The Kier molecular flexibility index (Phi) is 5.36. The predicted molar refractivity (Wildman–Crippen MR) is 118 cm³/mol. The average molecular weight is 451 g/mol. The van der Waals surface area contributed by atoms with Gasteiger partial charge < -0.3 is 14.3 Å². The lowest BCUT2D eigenvalue weighted by atomic mass is 10.2. The van der Waals surface area contributed by atoms with Crippen molar-refractivity contribution in [1.82, 2.24) is 4.98 Å². The van der Waals surface area contributed by atoms with Gasteiger partial charge in [-0.3, -0.25) is 4.99 Å². The summed E-state index contributed by atoms with van der Waals surface area (Å²) in [6.45, 7) is 4.36. The minimum absolute atomic E-state index is 0.0595. The fourth-order valence-corrected chi connectivity index (χ4v) is 3.44. The van der Waals surface area contributed by atoms with Gasteiger partial charge in [0.15, 0.2) is 17.1 Å². The van der Waals surface area contributed by atoms with Gasteiger partial charge in [0.2, 0.25) is 5.89 Å². The number of fused-ring (bicyclic) bond motifs is 1. The van der Waals surface area contributed by atoms with E-state index in [1.54, 1.807) is 18.3 Å². The molecule has 146 valence electrons. The van der Waals surface area contributed by atoms with Crippen LogP contribution in [0.2, 0.25) is 0 Å². The Morgan fingerprint density at radius 2 is 2.03 bits per heavy atom. The number of aliphatic imine (C=N–C) groups is 1. The van der Waals surface area contributed by atoms with Gasteiger partial charge in [0.1, 0.15) is 5.52 Å². The zero-order valence-electron chi connectivity index (χ0n) is 16.0. The number of aromatic hydroxyl groups is 1. The summed E-state index contributed by atoms with van der Waals surface area (Å²) in [6, 6.07) is 17.0. The molecule has 4 aromatic rings. The Bertz CT molecular complexity index is 1210. The summed E-state index contributed by atoms with van der Waals surface area (Å²) in [5.74, 6) is 1.02. The molecule has 0 amide bonds. The number of hydrogen-bond donors (Lipinski definition) is 1. The van der Waals surface area contributed by atoms with E-state index >= 15 is 0 Å². The zero-order chi connectivity index (χ0) is 20.4. The lowest BCUT2D eigenvalue weighted by Crippen LogP contribution is -1.94. The van der Waals surface area contributed by atoms with Crippen molar-refractivity contribution in [1.29, 1.82) is 0 Å². The number of benzene rings is 3. The minimum Gasteiger partial charge on any atom is -0.504 e. The molecule has 0 saturated heterocycles. The summed E-state index contributed by atoms with van der Waals surface area (Å²) in [5, 5.41) is 10.4. The van der Waals surface area contributed by atoms with Gasteiger partial charge in [-0.1, -0.05) is 28.1 Å². The third-order valence-corrected chi connectivity index (χ3v) is 4.82. The number of phenols is 1. The summed E-state index contributed by atoms with van der Waals surface area (Å²) in [5.41, 5.74) is 4.83. The number of aryl methyl sites for hydroxylation is 1. The van der Waals surface area contributed by atoms with E-state index in [0.29, 0.717) is 23.8 Å². The Balaban J connectivity index is 1.65. The van der Waals surface area contributed by atoms with Gasteiger partial charge in [-0.25, -0.2) is 4.98 Å². The second kappa shape index (κ2) is 8.09. The third kappa shape index (κ3) is 4.17. The second-order valence-corrected chi connectivity index (χ2v) is 7.49. The highest BCUT2D eigenvalue weighted by Gasteiger charge is 2.10. The van der Waals surface area contributed by atoms with Crippen LogP contribution in [0.25, 0.3) is 22.6 Å². The van der Waals surface area contributed by atoms with Crippen LogP contribution in [0.15, 0.2) is 68.5 Å². The molecule has 0 saturated carbocycles. The van der Waals surface area contributed by atoms with E-state index in [2.05, 4.69) is 25.9 Å². The standard InChI is InChI=1S/C23H19BrN2O3/c1-3-28-21-12-17(24)10-16(22(21)27)13-25-18-6-4-5-15(11-18)23-26-19-9-14(2)7-8-20(19)29-23/h4-13,27H,3H2,1-2H3. The van der Waals surface area contributed by atoms with Crippen molar-refractivity contribution in [3.63, 3.8) is 0 Å². The number of nitrogens with zero attached hydrogens (tertiary/aromatic N) is 2. The van der Waals surface area contributed by atoms with Crippen LogP contribution in [0.4, 0.5) is 5.69 Å². The summed E-state index contributed by atoms with van der Waals surface area (Å²) >= 11 is 3.43. The van der Waals surface area contributed by atoms with Crippen LogP contribution in [0.3, 0.4) is 0 Å². The maximum atomic E-state index is 10.4. The number of oxazole rings is 1. The number of hydrogen-bond acceptors (Lipinski definition) is 5. The van der Waals surface area contributed by atoms with E-state index in [4.69, 9.17) is 9.15 Å². The molecule has 0 aliphatic rings. The first-order valence-electron chi connectivity index (χ1n) is 9.20. The highest BCUT2D eigenvalue weighted by molar-refractivity contribution is 9.10. The number of ether oxygens (including phenoxy) is 1. The molecule has 1 heterocycles. The van der Waals surface area contributed by atoms with Crippen molar-refractivity contribution in [2.45, 2.75) is 13.8 Å². The van der Waals surface area contributed by atoms with Crippen LogP contribution in [0, 0.1) is 6.92 Å². The van der Waals surface area contributed by atoms with Crippen LogP contribution < -0.4 is 4.74 Å². The molecule has 0 aliphatic heterocycles. The Morgan fingerprint density at radius 1 is 1.17 bits per heavy atom. The van der Waals surface area contributed by atoms with E-state index in [1.807, 2.05) is 56.3 Å².